The third-order valence-electron chi connectivity index (χ3n) is 2.71. The van der Waals surface area contributed by atoms with Crippen molar-refractivity contribution in [1.29, 1.82) is 0 Å². The van der Waals surface area contributed by atoms with Gasteiger partial charge in [-0.25, -0.2) is 0 Å². The van der Waals surface area contributed by atoms with E-state index in [4.69, 9.17) is 11.6 Å². The largest absolute Gasteiger partial charge is 0.377 e. The number of nitrogens with zero attached hydrogens (tertiary/aromatic N) is 1. The van der Waals surface area contributed by atoms with Crippen LogP contribution in [0.3, 0.4) is 0 Å². The first-order valence-corrected chi connectivity index (χ1v) is 6.29. The number of anilines is 2. The van der Waals surface area contributed by atoms with Gasteiger partial charge >= 0.3 is 0 Å². The van der Waals surface area contributed by atoms with Gasteiger partial charge < -0.3 is 10.2 Å². The molecule has 0 aromatic heterocycles. The van der Waals surface area contributed by atoms with Crippen molar-refractivity contribution in [3.8, 4) is 0 Å². The van der Waals surface area contributed by atoms with E-state index in [0.717, 1.165) is 5.69 Å². The maximum atomic E-state index is 12.3. The van der Waals surface area contributed by atoms with Crippen molar-refractivity contribution in [3.05, 3.63) is 59.1 Å². The van der Waals surface area contributed by atoms with Gasteiger partial charge in [0.25, 0.3) is 5.91 Å². The summed E-state index contributed by atoms with van der Waals surface area (Å²) in [5.74, 6) is -0.147. The number of nitrogens with one attached hydrogen (secondary N) is 1. The molecule has 0 heterocycles. The minimum absolute atomic E-state index is 0.147. The van der Waals surface area contributed by atoms with E-state index in [1.807, 2.05) is 43.3 Å². The minimum Gasteiger partial charge on any atom is -0.377 e. The van der Waals surface area contributed by atoms with Gasteiger partial charge in [-0.2, -0.15) is 0 Å². The van der Waals surface area contributed by atoms with Crippen molar-refractivity contribution >= 4 is 28.9 Å². The first-order valence-electron chi connectivity index (χ1n) is 5.91. The van der Waals surface area contributed by atoms with Crippen LogP contribution in [0.25, 0.3) is 0 Å². The summed E-state index contributed by atoms with van der Waals surface area (Å²) in [6, 6.07) is 14.6. The quantitative estimate of drug-likeness (QED) is 0.926. The maximum Gasteiger partial charge on any atom is 0.257 e. The molecule has 0 unspecified atom stereocenters. The van der Waals surface area contributed by atoms with Gasteiger partial charge in [0, 0.05) is 30.5 Å². The summed E-state index contributed by atoms with van der Waals surface area (Å²) in [6.07, 6.45) is 0. The second kappa shape index (κ2) is 5.76. The van der Waals surface area contributed by atoms with Crippen LogP contribution < -0.4 is 10.2 Å². The highest BCUT2D eigenvalue weighted by Crippen LogP contribution is 2.20. The zero-order valence-corrected chi connectivity index (χ0v) is 11.6. The maximum absolute atomic E-state index is 12.3. The molecule has 0 radical (unpaired) electrons. The van der Waals surface area contributed by atoms with Crippen LogP contribution in [0.5, 0.6) is 0 Å². The molecule has 19 heavy (non-hydrogen) atoms. The first kappa shape index (κ1) is 13.4. The van der Waals surface area contributed by atoms with Gasteiger partial charge in [0.05, 0.1) is 5.56 Å². The van der Waals surface area contributed by atoms with Gasteiger partial charge in [-0.05, 0) is 30.3 Å². The number of carbonyl (C=O) groups is 1. The molecular weight excluding hydrogens is 260 g/mol. The summed E-state index contributed by atoms with van der Waals surface area (Å²) in [4.78, 5) is 14.2. The van der Waals surface area contributed by atoms with Crippen LogP contribution in [0, 0.1) is 0 Å². The number of rotatable bonds is 3. The molecule has 0 aliphatic rings. The number of amides is 1. The van der Waals surface area contributed by atoms with Crippen molar-refractivity contribution in [2.75, 3.05) is 24.3 Å². The molecule has 1 amide bonds. The van der Waals surface area contributed by atoms with E-state index in [2.05, 4.69) is 5.32 Å². The molecule has 0 aliphatic carbocycles. The van der Waals surface area contributed by atoms with E-state index in [1.54, 1.807) is 24.3 Å². The number of hydrogen-bond acceptors (Lipinski definition) is 2. The summed E-state index contributed by atoms with van der Waals surface area (Å²) in [7, 11) is 3.82. The Hall–Kier alpha value is -2.00. The van der Waals surface area contributed by atoms with Crippen molar-refractivity contribution in [3.63, 3.8) is 0 Å². The smallest absolute Gasteiger partial charge is 0.257 e. The third kappa shape index (κ3) is 3.26. The lowest BCUT2D eigenvalue weighted by Crippen LogP contribution is -2.18. The van der Waals surface area contributed by atoms with Crippen LogP contribution in [0.4, 0.5) is 11.4 Å². The molecule has 0 fully saturated rings. The van der Waals surface area contributed by atoms with Crippen LogP contribution in [-0.2, 0) is 0 Å². The van der Waals surface area contributed by atoms with Crippen molar-refractivity contribution in [1.82, 2.24) is 0 Å². The van der Waals surface area contributed by atoms with Crippen molar-refractivity contribution in [2.24, 2.45) is 0 Å². The van der Waals surface area contributed by atoms with Crippen LogP contribution in [0.15, 0.2) is 48.5 Å². The van der Waals surface area contributed by atoms with E-state index in [9.17, 15) is 4.79 Å². The molecule has 0 saturated heterocycles. The van der Waals surface area contributed by atoms with Gasteiger partial charge in [-0.3, -0.25) is 4.79 Å². The van der Waals surface area contributed by atoms with Gasteiger partial charge in [0.15, 0.2) is 0 Å². The van der Waals surface area contributed by atoms with Crippen LogP contribution >= 0.6 is 11.6 Å². The standard InChI is InChI=1S/C15H15ClN2O/c1-18(2)14-9-4-3-8-13(14)15(19)17-12-7-5-6-11(16)10-12/h3-10H,1-2H3,(H,17,19). The molecule has 0 spiro atoms. The number of carbonyl (C=O) groups excluding carboxylic acids is 1. The van der Waals surface area contributed by atoms with E-state index in [1.165, 1.54) is 0 Å². The molecule has 2 aromatic carbocycles. The highest BCUT2D eigenvalue weighted by molar-refractivity contribution is 6.31. The number of para-hydroxylation sites is 1. The van der Waals surface area contributed by atoms with Crippen LogP contribution in [0.2, 0.25) is 5.02 Å². The lowest BCUT2D eigenvalue weighted by molar-refractivity contribution is 0.102. The predicted molar refractivity (Wildman–Crippen MR) is 80.2 cm³/mol. The molecule has 4 heteroatoms. The highest BCUT2D eigenvalue weighted by atomic mass is 35.5. The summed E-state index contributed by atoms with van der Waals surface area (Å²) in [5.41, 5.74) is 2.19. The van der Waals surface area contributed by atoms with Crippen molar-refractivity contribution in [2.45, 2.75) is 0 Å². The molecular formula is C15H15ClN2O. The first-order chi connectivity index (χ1) is 9.08. The van der Waals surface area contributed by atoms with Gasteiger partial charge in [0.1, 0.15) is 0 Å². The Balaban J connectivity index is 2.25. The number of halogens is 1. The summed E-state index contributed by atoms with van der Waals surface area (Å²) >= 11 is 5.90. The molecule has 0 aliphatic heterocycles. The van der Waals surface area contributed by atoms with Crippen LogP contribution in [0.1, 0.15) is 10.4 Å². The highest BCUT2D eigenvalue weighted by Gasteiger charge is 2.12. The van der Waals surface area contributed by atoms with Gasteiger partial charge in [-0.15, -0.1) is 0 Å². The minimum atomic E-state index is -0.147. The summed E-state index contributed by atoms with van der Waals surface area (Å²) in [5, 5.41) is 3.44. The molecule has 1 N–H and O–H groups in total. The lowest BCUT2D eigenvalue weighted by Gasteiger charge is -2.16. The Morgan fingerprint density at radius 3 is 2.53 bits per heavy atom. The average Bonchev–Trinajstić information content (AvgIpc) is 2.38. The summed E-state index contributed by atoms with van der Waals surface area (Å²) < 4.78 is 0. The molecule has 2 aromatic rings. The summed E-state index contributed by atoms with van der Waals surface area (Å²) in [6.45, 7) is 0. The average molecular weight is 275 g/mol. The third-order valence-corrected chi connectivity index (χ3v) is 2.95. The molecule has 98 valence electrons. The molecule has 0 saturated carbocycles. The zero-order valence-electron chi connectivity index (χ0n) is 10.9. The second-order valence-electron chi connectivity index (χ2n) is 4.38. The van der Waals surface area contributed by atoms with E-state index >= 15 is 0 Å². The predicted octanol–water partition coefficient (Wildman–Crippen LogP) is 3.66. The van der Waals surface area contributed by atoms with E-state index in [-0.39, 0.29) is 5.91 Å². The fourth-order valence-corrected chi connectivity index (χ4v) is 2.01. The number of hydrogen-bond donors (Lipinski definition) is 1. The Labute approximate surface area is 117 Å². The fourth-order valence-electron chi connectivity index (χ4n) is 1.82. The Morgan fingerprint density at radius 2 is 1.84 bits per heavy atom. The Morgan fingerprint density at radius 1 is 1.11 bits per heavy atom. The second-order valence-corrected chi connectivity index (χ2v) is 4.81. The number of benzene rings is 2. The van der Waals surface area contributed by atoms with Crippen LogP contribution in [-0.4, -0.2) is 20.0 Å². The molecule has 0 atom stereocenters. The SMILES string of the molecule is CN(C)c1ccccc1C(=O)Nc1cccc(Cl)c1. The van der Waals surface area contributed by atoms with E-state index < -0.39 is 0 Å². The van der Waals surface area contributed by atoms with E-state index in [0.29, 0.717) is 16.3 Å². The zero-order chi connectivity index (χ0) is 13.8. The molecule has 2 rings (SSSR count). The van der Waals surface area contributed by atoms with Crippen molar-refractivity contribution < 1.29 is 4.79 Å². The van der Waals surface area contributed by atoms with Gasteiger partial charge in [-0.1, -0.05) is 29.8 Å². The lowest BCUT2D eigenvalue weighted by atomic mass is 10.1. The Kier molecular flexibility index (Phi) is 4.07. The monoisotopic (exact) mass is 274 g/mol. The molecule has 0 bridgehead atoms. The topological polar surface area (TPSA) is 32.3 Å². The van der Waals surface area contributed by atoms with Gasteiger partial charge in [0.2, 0.25) is 0 Å². The molecule has 3 nitrogen and oxygen atoms in total. The normalized spacial score (nSPS) is 10.1. The Bertz CT molecular complexity index is 596. The fraction of sp³-hybridized carbons (Fsp3) is 0.133.